The number of nitrogens with zero attached hydrogens (tertiary/aromatic N) is 1. The Bertz CT molecular complexity index is 189. The molecule has 0 bridgehead atoms. The molecule has 1 saturated heterocycles. The van der Waals surface area contributed by atoms with Crippen molar-refractivity contribution in [1.82, 2.24) is 4.90 Å². The van der Waals surface area contributed by atoms with E-state index in [1.54, 1.807) is 0 Å². The van der Waals surface area contributed by atoms with Crippen LogP contribution in [0.15, 0.2) is 0 Å². The highest BCUT2D eigenvalue weighted by atomic mass is 35.5. The zero-order chi connectivity index (χ0) is 12.0. The summed E-state index contributed by atoms with van der Waals surface area (Å²) < 4.78 is 0. The van der Waals surface area contributed by atoms with E-state index in [0.717, 1.165) is 11.8 Å². The van der Waals surface area contributed by atoms with Crippen LogP contribution in [0.5, 0.6) is 0 Å². The molecule has 96 valence electrons. The topological polar surface area (TPSA) is 3.24 Å². The second-order valence-electron chi connectivity index (χ2n) is 5.60. The maximum absolute atomic E-state index is 5.77. The average Bonchev–Trinajstić information content (AvgIpc) is 2.71. The van der Waals surface area contributed by atoms with E-state index in [9.17, 15) is 0 Å². The third kappa shape index (κ3) is 3.92. The minimum absolute atomic E-state index is 0.635. The fourth-order valence-electron chi connectivity index (χ4n) is 2.78. The van der Waals surface area contributed by atoms with Gasteiger partial charge in [-0.25, -0.2) is 0 Å². The molecule has 0 aromatic carbocycles. The molecule has 16 heavy (non-hydrogen) atoms. The highest BCUT2D eigenvalue weighted by Gasteiger charge is 2.34. The molecule has 0 aromatic heterocycles. The van der Waals surface area contributed by atoms with Gasteiger partial charge in [-0.15, -0.1) is 11.6 Å². The van der Waals surface area contributed by atoms with Gasteiger partial charge in [-0.2, -0.15) is 0 Å². The monoisotopic (exact) mass is 245 g/mol. The van der Waals surface area contributed by atoms with Crippen LogP contribution in [-0.4, -0.2) is 30.4 Å². The highest BCUT2D eigenvalue weighted by molar-refractivity contribution is 6.17. The fourth-order valence-corrected chi connectivity index (χ4v) is 3.15. The van der Waals surface area contributed by atoms with Crippen LogP contribution in [0.1, 0.15) is 52.9 Å². The van der Waals surface area contributed by atoms with Gasteiger partial charge in [0.25, 0.3) is 0 Å². The molecule has 0 spiro atoms. The van der Waals surface area contributed by atoms with E-state index in [0.29, 0.717) is 5.41 Å². The van der Waals surface area contributed by atoms with Gasteiger partial charge in [-0.1, -0.05) is 20.8 Å². The molecule has 0 radical (unpaired) electrons. The Balaban J connectivity index is 2.26. The van der Waals surface area contributed by atoms with E-state index >= 15 is 0 Å². The summed E-state index contributed by atoms with van der Waals surface area (Å²) in [6.45, 7) is 10.9. The fraction of sp³-hybridized carbons (Fsp3) is 1.00. The zero-order valence-electron chi connectivity index (χ0n) is 11.3. The van der Waals surface area contributed by atoms with Crippen molar-refractivity contribution in [3.63, 3.8) is 0 Å². The first-order chi connectivity index (χ1) is 7.65. The summed E-state index contributed by atoms with van der Waals surface area (Å²) in [5.41, 5.74) is 0.635. The van der Waals surface area contributed by atoms with E-state index in [1.807, 2.05) is 0 Å². The Morgan fingerprint density at radius 1 is 1.25 bits per heavy atom. The van der Waals surface area contributed by atoms with E-state index in [2.05, 4.69) is 25.7 Å². The van der Waals surface area contributed by atoms with Crippen LogP contribution in [0.4, 0.5) is 0 Å². The molecule has 1 unspecified atom stereocenters. The summed E-state index contributed by atoms with van der Waals surface area (Å²) in [5, 5.41) is 0. The average molecular weight is 246 g/mol. The SMILES string of the molecule is CCC1(CC)CCN(CCC(C)CCCl)C1. The molecule has 1 aliphatic heterocycles. The van der Waals surface area contributed by atoms with Gasteiger partial charge < -0.3 is 4.90 Å². The van der Waals surface area contributed by atoms with Crippen molar-refractivity contribution in [3.05, 3.63) is 0 Å². The smallest absolute Gasteiger partial charge is 0.0225 e. The third-order valence-corrected chi connectivity index (χ3v) is 4.78. The van der Waals surface area contributed by atoms with Crippen LogP contribution in [0.3, 0.4) is 0 Å². The number of hydrogen-bond donors (Lipinski definition) is 0. The van der Waals surface area contributed by atoms with Crippen LogP contribution in [-0.2, 0) is 0 Å². The van der Waals surface area contributed by atoms with Gasteiger partial charge in [0.05, 0.1) is 0 Å². The Morgan fingerprint density at radius 3 is 2.44 bits per heavy atom. The Morgan fingerprint density at radius 2 is 1.94 bits per heavy atom. The number of alkyl halides is 1. The van der Waals surface area contributed by atoms with Crippen LogP contribution in [0, 0.1) is 11.3 Å². The van der Waals surface area contributed by atoms with Crippen LogP contribution < -0.4 is 0 Å². The molecular formula is C14H28ClN. The predicted molar refractivity (Wildman–Crippen MR) is 73.2 cm³/mol. The van der Waals surface area contributed by atoms with Gasteiger partial charge in [-0.05, 0) is 56.5 Å². The molecule has 0 amide bonds. The van der Waals surface area contributed by atoms with Gasteiger partial charge in [0.1, 0.15) is 0 Å². The highest BCUT2D eigenvalue weighted by Crippen LogP contribution is 2.37. The van der Waals surface area contributed by atoms with E-state index in [-0.39, 0.29) is 0 Å². The Kier molecular flexibility index (Phi) is 6.13. The van der Waals surface area contributed by atoms with Gasteiger partial charge in [0, 0.05) is 12.4 Å². The first-order valence-corrected chi connectivity index (χ1v) is 7.47. The molecule has 1 fully saturated rings. The quantitative estimate of drug-likeness (QED) is 0.609. The van der Waals surface area contributed by atoms with Crippen LogP contribution in [0.2, 0.25) is 0 Å². The first kappa shape index (κ1) is 14.3. The second-order valence-corrected chi connectivity index (χ2v) is 5.98. The number of rotatable bonds is 7. The number of likely N-dealkylation sites (tertiary alicyclic amines) is 1. The third-order valence-electron chi connectivity index (χ3n) is 4.56. The molecule has 0 aliphatic carbocycles. The van der Waals surface area contributed by atoms with Crippen LogP contribution >= 0.6 is 11.6 Å². The van der Waals surface area contributed by atoms with E-state index in [4.69, 9.17) is 11.6 Å². The number of hydrogen-bond acceptors (Lipinski definition) is 1. The van der Waals surface area contributed by atoms with Crippen molar-refractivity contribution in [1.29, 1.82) is 0 Å². The van der Waals surface area contributed by atoms with Gasteiger partial charge in [-0.3, -0.25) is 0 Å². The lowest BCUT2D eigenvalue weighted by Crippen LogP contribution is -2.28. The van der Waals surface area contributed by atoms with Crippen molar-refractivity contribution >= 4 is 11.6 Å². The van der Waals surface area contributed by atoms with Gasteiger partial charge in [0.15, 0.2) is 0 Å². The predicted octanol–water partition coefficient (Wildman–Crippen LogP) is 4.15. The number of halogens is 1. The lowest BCUT2D eigenvalue weighted by molar-refractivity contribution is 0.231. The summed E-state index contributed by atoms with van der Waals surface area (Å²) in [7, 11) is 0. The van der Waals surface area contributed by atoms with Gasteiger partial charge >= 0.3 is 0 Å². The minimum atomic E-state index is 0.635. The largest absolute Gasteiger partial charge is 0.303 e. The Labute approximate surface area is 107 Å². The molecule has 1 heterocycles. The maximum Gasteiger partial charge on any atom is 0.0225 e. The summed E-state index contributed by atoms with van der Waals surface area (Å²) in [4.78, 5) is 2.66. The summed E-state index contributed by atoms with van der Waals surface area (Å²) >= 11 is 5.77. The standard InChI is InChI=1S/C14H28ClN/c1-4-14(5-2)8-11-16(12-14)10-7-13(3)6-9-15/h13H,4-12H2,1-3H3. The van der Waals surface area contributed by atoms with Gasteiger partial charge in [0.2, 0.25) is 0 Å². The summed E-state index contributed by atoms with van der Waals surface area (Å²) in [6, 6.07) is 0. The lowest BCUT2D eigenvalue weighted by atomic mass is 9.82. The minimum Gasteiger partial charge on any atom is -0.303 e. The van der Waals surface area contributed by atoms with Crippen molar-refractivity contribution in [2.75, 3.05) is 25.5 Å². The molecule has 2 heteroatoms. The van der Waals surface area contributed by atoms with Crippen molar-refractivity contribution in [2.24, 2.45) is 11.3 Å². The zero-order valence-corrected chi connectivity index (χ0v) is 12.0. The molecule has 1 rings (SSSR count). The van der Waals surface area contributed by atoms with Crippen molar-refractivity contribution < 1.29 is 0 Å². The maximum atomic E-state index is 5.77. The van der Waals surface area contributed by atoms with E-state index < -0.39 is 0 Å². The molecular weight excluding hydrogens is 218 g/mol. The van der Waals surface area contributed by atoms with Crippen molar-refractivity contribution in [3.8, 4) is 0 Å². The van der Waals surface area contributed by atoms with E-state index in [1.165, 1.54) is 51.7 Å². The van der Waals surface area contributed by atoms with Crippen LogP contribution in [0.25, 0.3) is 0 Å². The Hall–Kier alpha value is 0.250. The van der Waals surface area contributed by atoms with Crippen molar-refractivity contribution in [2.45, 2.75) is 52.9 Å². The molecule has 1 nitrogen and oxygen atoms in total. The first-order valence-electron chi connectivity index (χ1n) is 6.94. The summed E-state index contributed by atoms with van der Waals surface area (Å²) in [5.74, 6) is 1.60. The molecule has 1 atom stereocenters. The normalized spacial score (nSPS) is 22.5. The second kappa shape index (κ2) is 6.86. The molecule has 0 N–H and O–H groups in total. The molecule has 1 aliphatic rings. The molecule has 0 aromatic rings. The summed E-state index contributed by atoms with van der Waals surface area (Å²) in [6.07, 6.45) is 6.58. The lowest BCUT2D eigenvalue weighted by Gasteiger charge is -2.27. The molecule has 0 saturated carbocycles.